The first-order valence-corrected chi connectivity index (χ1v) is 3.11. The fraction of sp³-hybridized carbons (Fsp3) is 0.714. The van der Waals surface area contributed by atoms with Gasteiger partial charge in [-0.1, -0.05) is 6.42 Å². The molecule has 0 aliphatic heterocycles. The Morgan fingerprint density at radius 1 is 1.40 bits per heavy atom. The summed E-state index contributed by atoms with van der Waals surface area (Å²) in [7, 11) is 6.21. The maximum Gasteiger partial charge on any atom is 0.153 e. The molecule has 3 nitrogen and oxygen atoms in total. The second kappa shape index (κ2) is 4.15. The molecule has 3 heteroatoms. The maximum atomic E-state index is 4.78. The van der Waals surface area contributed by atoms with Gasteiger partial charge in [0, 0.05) is 0 Å². The van der Waals surface area contributed by atoms with Crippen LogP contribution in [0.2, 0.25) is 0 Å². The van der Waals surface area contributed by atoms with E-state index in [1.165, 1.54) is 0 Å². The Morgan fingerprint density at radius 3 is 2.40 bits per heavy atom. The lowest BCUT2D eigenvalue weighted by molar-refractivity contribution is -0.871. The molecule has 0 amide bonds. The van der Waals surface area contributed by atoms with Crippen LogP contribution in [0.4, 0.5) is 0 Å². The van der Waals surface area contributed by atoms with E-state index >= 15 is 0 Å². The third-order valence-corrected chi connectivity index (χ3v) is 0.952. The van der Waals surface area contributed by atoms with E-state index in [0.29, 0.717) is 6.61 Å². The maximum absolute atomic E-state index is 4.78. The highest BCUT2D eigenvalue weighted by Gasteiger charge is 2.05. The lowest BCUT2D eigenvalue weighted by atomic mass is 10.5. The second-order valence-electron chi connectivity index (χ2n) is 3.04. The van der Waals surface area contributed by atoms with Crippen molar-refractivity contribution >= 4 is 0 Å². The molecule has 0 aromatic rings. The van der Waals surface area contributed by atoms with Gasteiger partial charge in [0.2, 0.25) is 0 Å². The second-order valence-corrected chi connectivity index (χ2v) is 3.04. The minimum absolute atomic E-state index is 0.522. The molecule has 0 aromatic heterocycles. The molecule has 0 saturated heterocycles. The number of nitrogens with zero attached hydrogens (tertiary/aromatic N) is 1. The van der Waals surface area contributed by atoms with E-state index in [-0.39, 0.29) is 0 Å². The van der Waals surface area contributed by atoms with E-state index in [1.807, 2.05) is 6.11 Å². The van der Waals surface area contributed by atoms with Gasteiger partial charge < -0.3 is 4.48 Å². The van der Waals surface area contributed by atoms with E-state index < -0.39 is 0 Å². The Morgan fingerprint density at radius 2 is 2.00 bits per heavy atom. The molecule has 0 aliphatic rings. The van der Waals surface area contributed by atoms with Gasteiger partial charge in [-0.15, -0.1) is 0 Å². The average molecular weight is 144 g/mol. The first-order valence-electron chi connectivity index (χ1n) is 3.11. The third kappa shape index (κ3) is 7.28. The van der Waals surface area contributed by atoms with Crippen LogP contribution < -0.4 is 0 Å². The minimum Gasteiger partial charge on any atom is -0.329 e. The van der Waals surface area contributed by atoms with Gasteiger partial charge in [0.25, 0.3) is 0 Å². The number of rotatable bonds is 4. The van der Waals surface area contributed by atoms with Crippen LogP contribution in [0.5, 0.6) is 0 Å². The summed E-state index contributed by atoms with van der Waals surface area (Å²) in [6.45, 7) is 1.40. The van der Waals surface area contributed by atoms with E-state index in [2.05, 4.69) is 30.9 Å². The van der Waals surface area contributed by atoms with Crippen molar-refractivity contribution in [3.8, 4) is 12.5 Å². The number of likely N-dealkylation sites (N-methyl/N-ethyl adjacent to an activating group) is 1. The van der Waals surface area contributed by atoms with Crippen molar-refractivity contribution in [3.63, 3.8) is 0 Å². The highest BCUT2D eigenvalue weighted by Crippen LogP contribution is 1.88. The van der Waals surface area contributed by atoms with Crippen LogP contribution in [0.1, 0.15) is 0 Å². The third-order valence-electron chi connectivity index (χ3n) is 0.952. The largest absolute Gasteiger partial charge is 0.329 e. The summed E-state index contributed by atoms with van der Waals surface area (Å²) in [5.74, 6) is 0. The van der Waals surface area contributed by atoms with Gasteiger partial charge in [-0.05, 0) is 0 Å². The van der Waals surface area contributed by atoms with E-state index in [9.17, 15) is 0 Å². The zero-order chi connectivity index (χ0) is 8.04. The van der Waals surface area contributed by atoms with Crippen molar-refractivity contribution in [2.45, 2.75) is 0 Å². The van der Waals surface area contributed by atoms with Crippen molar-refractivity contribution in [2.75, 3.05) is 34.3 Å². The monoisotopic (exact) mass is 144 g/mol. The van der Waals surface area contributed by atoms with Crippen LogP contribution in [0.15, 0.2) is 0 Å². The van der Waals surface area contributed by atoms with Gasteiger partial charge in [0.05, 0.1) is 21.1 Å². The van der Waals surface area contributed by atoms with E-state index in [1.54, 1.807) is 0 Å². The molecule has 0 radical (unpaired) electrons. The molecule has 0 aromatic carbocycles. The summed E-state index contributed by atoms with van der Waals surface area (Å²) in [6.07, 6.45) is 6.70. The average Bonchev–Trinajstić information content (AvgIpc) is 1.78. The van der Waals surface area contributed by atoms with Gasteiger partial charge >= 0.3 is 0 Å². The van der Waals surface area contributed by atoms with Gasteiger partial charge in [-0.2, -0.15) is 4.89 Å². The standard InChI is InChI=1S/C7H14NO2/c1-5-9-10-7-6-8(2,3)4/h1H,6-7H2,2-4H3/q+1. The fourth-order valence-electron chi connectivity index (χ4n) is 0.387. The Balaban J connectivity index is 3.14. The lowest BCUT2D eigenvalue weighted by Gasteiger charge is -2.22. The first kappa shape index (κ1) is 9.28. The quantitative estimate of drug-likeness (QED) is 0.185. The number of quaternary nitrogens is 1. The lowest BCUT2D eigenvalue weighted by Crippen LogP contribution is -2.37. The molecule has 0 aliphatic carbocycles. The summed E-state index contributed by atoms with van der Waals surface area (Å²) >= 11 is 0. The molecular weight excluding hydrogens is 130 g/mol. The van der Waals surface area contributed by atoms with Crippen molar-refractivity contribution < 1.29 is 14.3 Å². The molecule has 0 fully saturated rings. The Labute approximate surface area is 62.1 Å². The predicted octanol–water partition coefficient (Wildman–Crippen LogP) is 0.232. The highest BCUT2D eigenvalue weighted by atomic mass is 17.2. The van der Waals surface area contributed by atoms with Gasteiger partial charge in [0.15, 0.2) is 6.11 Å². The molecule has 0 bridgehead atoms. The van der Waals surface area contributed by atoms with E-state index in [0.717, 1.165) is 11.0 Å². The highest BCUT2D eigenvalue weighted by molar-refractivity contribution is 4.64. The fourth-order valence-corrected chi connectivity index (χ4v) is 0.387. The van der Waals surface area contributed by atoms with Crippen LogP contribution in [-0.2, 0) is 9.78 Å². The SMILES string of the molecule is C#COOCC[N+](C)(C)C. The molecule has 0 unspecified atom stereocenters. The van der Waals surface area contributed by atoms with Crippen molar-refractivity contribution in [3.05, 3.63) is 0 Å². The molecular formula is C7H14NO2+. The Bertz CT molecular complexity index is 121. The van der Waals surface area contributed by atoms with Crippen LogP contribution >= 0.6 is 0 Å². The van der Waals surface area contributed by atoms with Crippen LogP contribution in [0.3, 0.4) is 0 Å². The summed E-state index contributed by atoms with van der Waals surface area (Å²) < 4.78 is 0.841. The van der Waals surface area contributed by atoms with Crippen molar-refractivity contribution in [1.82, 2.24) is 0 Å². The number of hydrogen-bond donors (Lipinski definition) is 0. The zero-order valence-electron chi connectivity index (χ0n) is 6.76. The van der Waals surface area contributed by atoms with Crippen molar-refractivity contribution in [2.24, 2.45) is 0 Å². The van der Waals surface area contributed by atoms with Gasteiger partial charge in [-0.25, -0.2) is 0 Å². The molecule has 0 N–H and O–H groups in total. The van der Waals surface area contributed by atoms with Crippen molar-refractivity contribution in [1.29, 1.82) is 0 Å². The molecule has 0 heterocycles. The Hall–Kier alpha value is -0.720. The normalized spacial score (nSPS) is 10.6. The first-order chi connectivity index (χ1) is 4.56. The molecule has 0 saturated carbocycles. The molecule has 0 spiro atoms. The van der Waals surface area contributed by atoms with Gasteiger partial charge in [0.1, 0.15) is 13.2 Å². The summed E-state index contributed by atoms with van der Waals surface area (Å²) in [5.41, 5.74) is 0. The molecule has 58 valence electrons. The Kier molecular flexibility index (Phi) is 3.85. The zero-order valence-corrected chi connectivity index (χ0v) is 6.76. The van der Waals surface area contributed by atoms with Crippen LogP contribution in [-0.4, -0.2) is 38.8 Å². The van der Waals surface area contributed by atoms with Crippen LogP contribution in [0, 0.1) is 12.5 Å². The topological polar surface area (TPSA) is 18.5 Å². The summed E-state index contributed by atoms with van der Waals surface area (Å²) in [6, 6.07) is 0. The van der Waals surface area contributed by atoms with Gasteiger partial charge in [-0.3, -0.25) is 4.89 Å². The molecule has 0 rings (SSSR count). The minimum atomic E-state index is 0.522. The summed E-state index contributed by atoms with van der Waals surface area (Å²) in [5, 5.41) is 0. The van der Waals surface area contributed by atoms with E-state index in [4.69, 9.17) is 6.42 Å². The smallest absolute Gasteiger partial charge is 0.153 e. The number of hydrogen-bond acceptors (Lipinski definition) is 2. The molecule has 0 atom stereocenters. The summed E-state index contributed by atoms with van der Waals surface area (Å²) in [4.78, 5) is 8.85. The molecule has 10 heavy (non-hydrogen) atoms. The predicted molar refractivity (Wildman–Crippen MR) is 38.8 cm³/mol. The van der Waals surface area contributed by atoms with Crippen LogP contribution in [0.25, 0.3) is 0 Å². The number of terminal acetylenes is 1.